The molecule has 0 heterocycles. The number of rotatable bonds is 6. The summed E-state index contributed by atoms with van der Waals surface area (Å²) in [6, 6.07) is 0. The van der Waals surface area contributed by atoms with Crippen molar-refractivity contribution in [2.75, 3.05) is 0 Å². The van der Waals surface area contributed by atoms with Crippen LogP contribution in [0.15, 0.2) is 39.9 Å². The molecule has 1 atom stereocenters. The molecule has 2 heteroatoms. The van der Waals surface area contributed by atoms with E-state index in [4.69, 9.17) is 0 Å². The second kappa shape index (κ2) is 7.50. The maximum atomic E-state index is 4.28. The minimum atomic E-state index is 0.422. The number of allylic oxidation sites excluding steroid dienone is 2. The standard InChI is InChI=1S/C14H23NS/c1-8-10(3)13(6)16-14(7)11(4)12(5)15-9-2/h9,13H,3,7-8H2,1-2,4-6H3/b12-11-,15-9?. The van der Waals surface area contributed by atoms with Gasteiger partial charge >= 0.3 is 0 Å². The van der Waals surface area contributed by atoms with Gasteiger partial charge in [0.05, 0.1) is 0 Å². The number of hydrogen-bond acceptors (Lipinski definition) is 2. The van der Waals surface area contributed by atoms with E-state index in [0.29, 0.717) is 5.25 Å². The van der Waals surface area contributed by atoms with Crippen LogP contribution in [0.1, 0.15) is 41.0 Å². The minimum Gasteiger partial charge on any atom is -0.266 e. The van der Waals surface area contributed by atoms with E-state index in [1.54, 1.807) is 11.8 Å². The Hall–Kier alpha value is -0.760. The Morgan fingerprint density at radius 2 is 1.94 bits per heavy atom. The van der Waals surface area contributed by atoms with Crippen LogP contribution in [0.3, 0.4) is 0 Å². The first-order valence-electron chi connectivity index (χ1n) is 5.63. The number of thioether (sulfide) groups is 1. The van der Waals surface area contributed by atoms with Crippen molar-refractivity contribution >= 4 is 18.0 Å². The molecular weight excluding hydrogens is 214 g/mol. The molecule has 0 aliphatic rings. The van der Waals surface area contributed by atoms with E-state index >= 15 is 0 Å². The zero-order valence-corrected chi connectivity index (χ0v) is 11.9. The van der Waals surface area contributed by atoms with Gasteiger partial charge in [0, 0.05) is 22.1 Å². The van der Waals surface area contributed by atoms with Gasteiger partial charge in [0.15, 0.2) is 0 Å². The van der Waals surface area contributed by atoms with Crippen molar-refractivity contribution in [2.45, 2.75) is 46.3 Å². The zero-order valence-electron chi connectivity index (χ0n) is 11.1. The summed E-state index contributed by atoms with van der Waals surface area (Å²) < 4.78 is 0. The van der Waals surface area contributed by atoms with Crippen LogP contribution >= 0.6 is 11.8 Å². The highest BCUT2D eigenvalue weighted by Crippen LogP contribution is 2.31. The zero-order chi connectivity index (χ0) is 12.7. The highest BCUT2D eigenvalue weighted by molar-refractivity contribution is 8.04. The first-order chi connectivity index (χ1) is 7.43. The van der Waals surface area contributed by atoms with Crippen LogP contribution in [0.2, 0.25) is 0 Å². The van der Waals surface area contributed by atoms with Crippen LogP contribution in [0.4, 0.5) is 0 Å². The molecule has 0 aliphatic carbocycles. The van der Waals surface area contributed by atoms with Crippen molar-refractivity contribution in [1.29, 1.82) is 0 Å². The second-order valence-electron chi connectivity index (χ2n) is 3.79. The third kappa shape index (κ3) is 4.84. The Morgan fingerprint density at radius 1 is 1.38 bits per heavy atom. The van der Waals surface area contributed by atoms with Gasteiger partial charge in [-0.1, -0.05) is 25.7 Å². The van der Waals surface area contributed by atoms with E-state index in [2.05, 4.69) is 38.9 Å². The van der Waals surface area contributed by atoms with Gasteiger partial charge < -0.3 is 0 Å². The monoisotopic (exact) mass is 237 g/mol. The van der Waals surface area contributed by atoms with Gasteiger partial charge in [0.25, 0.3) is 0 Å². The molecule has 1 nitrogen and oxygen atoms in total. The van der Waals surface area contributed by atoms with Crippen molar-refractivity contribution in [2.24, 2.45) is 4.99 Å². The van der Waals surface area contributed by atoms with Crippen LogP contribution in [0, 0.1) is 0 Å². The Kier molecular flexibility index (Phi) is 7.15. The van der Waals surface area contributed by atoms with Gasteiger partial charge in [-0.25, -0.2) is 0 Å². The lowest BCUT2D eigenvalue weighted by atomic mass is 10.2. The molecule has 0 rings (SSSR count). The van der Waals surface area contributed by atoms with Crippen LogP contribution in [0.5, 0.6) is 0 Å². The SMILES string of the molecule is C=C(SC(C)C(=C)CC)/C(C)=C(/C)N=CC. The summed E-state index contributed by atoms with van der Waals surface area (Å²) in [5.74, 6) is 0. The fourth-order valence-electron chi connectivity index (χ4n) is 1.16. The third-order valence-corrected chi connectivity index (χ3v) is 3.91. The summed E-state index contributed by atoms with van der Waals surface area (Å²) in [5, 5.41) is 0.422. The van der Waals surface area contributed by atoms with Crippen LogP contribution < -0.4 is 0 Å². The molecule has 90 valence electrons. The third-order valence-electron chi connectivity index (χ3n) is 2.63. The molecule has 0 saturated carbocycles. The maximum Gasteiger partial charge on any atom is 0.0408 e. The molecule has 0 aromatic carbocycles. The summed E-state index contributed by atoms with van der Waals surface area (Å²) in [5.41, 5.74) is 3.46. The molecule has 0 bridgehead atoms. The first kappa shape index (κ1) is 15.2. The molecule has 0 spiro atoms. The predicted octanol–water partition coefficient (Wildman–Crippen LogP) is 4.97. The van der Waals surface area contributed by atoms with Gasteiger partial charge in [0.2, 0.25) is 0 Å². The van der Waals surface area contributed by atoms with Gasteiger partial charge in [0.1, 0.15) is 0 Å². The summed E-state index contributed by atoms with van der Waals surface area (Å²) >= 11 is 1.77. The molecule has 0 saturated heterocycles. The van der Waals surface area contributed by atoms with Crippen molar-refractivity contribution in [3.05, 3.63) is 34.9 Å². The maximum absolute atomic E-state index is 4.28. The summed E-state index contributed by atoms with van der Waals surface area (Å²) in [4.78, 5) is 5.36. The van der Waals surface area contributed by atoms with Crippen molar-refractivity contribution in [3.8, 4) is 0 Å². The van der Waals surface area contributed by atoms with E-state index in [1.807, 2.05) is 20.1 Å². The van der Waals surface area contributed by atoms with Crippen LogP contribution in [-0.4, -0.2) is 11.5 Å². The molecule has 0 aromatic rings. The van der Waals surface area contributed by atoms with E-state index in [9.17, 15) is 0 Å². The van der Waals surface area contributed by atoms with Gasteiger partial charge in [-0.2, -0.15) is 0 Å². The van der Waals surface area contributed by atoms with Gasteiger partial charge in [-0.3, -0.25) is 4.99 Å². The number of aliphatic imine (C=N–C) groups is 1. The molecule has 0 N–H and O–H groups in total. The topological polar surface area (TPSA) is 12.4 Å². The van der Waals surface area contributed by atoms with E-state index in [0.717, 1.165) is 17.0 Å². The Morgan fingerprint density at radius 3 is 2.38 bits per heavy atom. The molecule has 0 fully saturated rings. The second-order valence-corrected chi connectivity index (χ2v) is 5.23. The minimum absolute atomic E-state index is 0.422. The van der Waals surface area contributed by atoms with Crippen LogP contribution in [-0.2, 0) is 0 Å². The van der Waals surface area contributed by atoms with Gasteiger partial charge in [-0.15, -0.1) is 11.8 Å². The molecule has 0 aromatic heterocycles. The lowest BCUT2D eigenvalue weighted by Crippen LogP contribution is -2.00. The molecule has 0 radical (unpaired) electrons. The molecule has 0 amide bonds. The quantitative estimate of drug-likeness (QED) is 0.361. The molecule has 0 aliphatic heterocycles. The lowest BCUT2D eigenvalue weighted by Gasteiger charge is -2.15. The Balaban J connectivity index is 4.59. The highest BCUT2D eigenvalue weighted by atomic mass is 32.2. The average Bonchev–Trinajstić information content (AvgIpc) is 2.26. The Bertz CT molecular complexity index is 324. The highest BCUT2D eigenvalue weighted by Gasteiger charge is 2.09. The van der Waals surface area contributed by atoms with Crippen molar-refractivity contribution < 1.29 is 0 Å². The van der Waals surface area contributed by atoms with Gasteiger partial charge in [-0.05, 0) is 39.7 Å². The summed E-state index contributed by atoms with van der Waals surface area (Å²) in [6.45, 7) is 18.5. The molecular formula is C14H23NS. The number of hydrogen-bond donors (Lipinski definition) is 0. The number of nitrogens with zero attached hydrogens (tertiary/aromatic N) is 1. The van der Waals surface area contributed by atoms with E-state index < -0.39 is 0 Å². The van der Waals surface area contributed by atoms with Crippen LogP contribution in [0.25, 0.3) is 0 Å². The van der Waals surface area contributed by atoms with E-state index in [1.165, 1.54) is 11.1 Å². The molecule has 1 unspecified atom stereocenters. The predicted molar refractivity (Wildman–Crippen MR) is 78.2 cm³/mol. The average molecular weight is 237 g/mol. The van der Waals surface area contributed by atoms with Crippen molar-refractivity contribution in [3.63, 3.8) is 0 Å². The molecule has 16 heavy (non-hydrogen) atoms. The van der Waals surface area contributed by atoms with E-state index in [-0.39, 0.29) is 0 Å². The largest absolute Gasteiger partial charge is 0.266 e. The summed E-state index contributed by atoms with van der Waals surface area (Å²) in [7, 11) is 0. The fourth-order valence-corrected chi connectivity index (χ4v) is 2.25. The normalized spacial score (nSPS) is 14.8. The lowest BCUT2D eigenvalue weighted by molar-refractivity contribution is 1.00. The summed E-state index contributed by atoms with van der Waals surface area (Å²) in [6.07, 6.45) is 2.83. The fraction of sp³-hybridized carbons (Fsp3) is 0.500. The Labute approximate surface area is 104 Å². The smallest absolute Gasteiger partial charge is 0.0408 e. The van der Waals surface area contributed by atoms with Crippen molar-refractivity contribution in [1.82, 2.24) is 0 Å². The first-order valence-corrected chi connectivity index (χ1v) is 6.51.